The van der Waals surface area contributed by atoms with Crippen LogP contribution in [0.15, 0.2) is 114 Å². The molecule has 9 rings (SSSR count). The van der Waals surface area contributed by atoms with E-state index in [0.29, 0.717) is 55.2 Å². The van der Waals surface area contributed by atoms with Crippen molar-refractivity contribution in [2.45, 2.75) is 108 Å². The number of ether oxygens (including phenoxy) is 4. The van der Waals surface area contributed by atoms with Gasteiger partial charge < -0.3 is 38.9 Å². The molecule has 5 aliphatic rings. The first-order chi connectivity index (χ1) is 31.9. The van der Waals surface area contributed by atoms with Crippen LogP contribution in [0.2, 0.25) is 0 Å². The number of aldehydes is 1. The monoisotopic (exact) mass is 882 g/mol. The molecule has 342 valence electrons. The molecule has 2 aliphatic heterocycles. The van der Waals surface area contributed by atoms with E-state index >= 15 is 4.79 Å². The van der Waals surface area contributed by atoms with Crippen LogP contribution in [0.25, 0.3) is 10.8 Å². The van der Waals surface area contributed by atoms with Gasteiger partial charge in [0.15, 0.2) is 0 Å². The van der Waals surface area contributed by atoms with Gasteiger partial charge in [-0.05, 0) is 115 Å². The summed E-state index contributed by atoms with van der Waals surface area (Å²) < 4.78 is 27.3. The zero-order valence-electron chi connectivity index (χ0n) is 37.2. The third-order valence-electron chi connectivity index (χ3n) is 14.1. The highest BCUT2D eigenvalue weighted by Gasteiger charge is 2.66. The molecular weight excluding hydrogens is 821 g/mol. The normalized spacial score (nSPS) is 26.3. The van der Waals surface area contributed by atoms with Gasteiger partial charge in [-0.25, -0.2) is 0 Å². The second-order valence-corrected chi connectivity index (χ2v) is 18.3. The van der Waals surface area contributed by atoms with Gasteiger partial charge in [0, 0.05) is 55.6 Å². The molecular formula is C54H62N2O9. The Morgan fingerprint density at radius 1 is 0.908 bits per heavy atom. The fourth-order valence-corrected chi connectivity index (χ4v) is 10.9. The van der Waals surface area contributed by atoms with E-state index in [2.05, 4.69) is 49.1 Å². The lowest BCUT2D eigenvalue weighted by Gasteiger charge is -2.60. The summed E-state index contributed by atoms with van der Waals surface area (Å²) in [4.78, 5) is 35.3. The molecule has 1 amide bonds. The first kappa shape index (κ1) is 44.9. The maximum atomic E-state index is 15.1. The van der Waals surface area contributed by atoms with Gasteiger partial charge in [-0.15, -0.1) is 6.58 Å². The van der Waals surface area contributed by atoms with E-state index in [0.717, 1.165) is 97.3 Å². The third kappa shape index (κ3) is 9.52. The average molecular weight is 883 g/mol. The molecule has 4 aromatic rings. The predicted molar refractivity (Wildman–Crippen MR) is 249 cm³/mol. The number of fused-ring (bicyclic) bond motifs is 3. The summed E-state index contributed by atoms with van der Waals surface area (Å²) in [5, 5.41) is 27.3. The van der Waals surface area contributed by atoms with Crippen molar-refractivity contribution < 1.29 is 43.6 Å². The molecule has 0 aromatic heterocycles. The van der Waals surface area contributed by atoms with Crippen LogP contribution in [0, 0.1) is 23.7 Å². The quantitative estimate of drug-likeness (QED) is 0.0385. The number of rotatable bonds is 20. The fourth-order valence-electron chi connectivity index (χ4n) is 10.9. The van der Waals surface area contributed by atoms with Gasteiger partial charge in [-0.3, -0.25) is 9.59 Å². The Balaban J connectivity index is 1.25. The van der Waals surface area contributed by atoms with Gasteiger partial charge in [0.2, 0.25) is 18.0 Å². The Labute approximate surface area is 382 Å². The Hall–Kier alpha value is -5.33. The number of oxime groups is 1. The van der Waals surface area contributed by atoms with E-state index in [1.165, 1.54) is 0 Å². The van der Waals surface area contributed by atoms with Crippen molar-refractivity contribution in [3.63, 3.8) is 0 Å². The molecule has 2 N–H and O–H groups in total. The first-order valence-electron chi connectivity index (χ1n) is 23.8. The largest absolute Gasteiger partial charge is 0.459 e. The summed E-state index contributed by atoms with van der Waals surface area (Å²) in [7, 11) is 0. The lowest BCUT2D eigenvalue weighted by molar-refractivity contribution is -0.258. The zero-order chi connectivity index (χ0) is 44.8. The van der Waals surface area contributed by atoms with Crippen molar-refractivity contribution in [2.24, 2.45) is 28.8 Å². The highest BCUT2D eigenvalue weighted by molar-refractivity contribution is 6.03. The molecule has 0 spiro atoms. The molecule has 7 atom stereocenters. The minimum absolute atomic E-state index is 0.0465. The second kappa shape index (κ2) is 20.5. The molecule has 4 aromatic carbocycles. The summed E-state index contributed by atoms with van der Waals surface area (Å²) in [6.45, 7) is 5.42. The van der Waals surface area contributed by atoms with Gasteiger partial charge >= 0.3 is 0 Å². The second-order valence-electron chi connectivity index (χ2n) is 18.3. The van der Waals surface area contributed by atoms with Gasteiger partial charge in [0.1, 0.15) is 29.6 Å². The van der Waals surface area contributed by atoms with Crippen molar-refractivity contribution in [2.75, 3.05) is 26.4 Å². The number of nitrogens with zero attached hydrogens (tertiary/aromatic N) is 2. The van der Waals surface area contributed by atoms with Crippen LogP contribution in [0.3, 0.4) is 0 Å². The third-order valence-corrected chi connectivity index (χ3v) is 14.1. The summed E-state index contributed by atoms with van der Waals surface area (Å²) in [6, 6.07) is 26.9. The van der Waals surface area contributed by atoms with Crippen LogP contribution < -0.4 is 9.47 Å². The van der Waals surface area contributed by atoms with Crippen LogP contribution in [0.1, 0.15) is 104 Å². The van der Waals surface area contributed by atoms with E-state index in [9.17, 15) is 15.0 Å². The predicted octanol–water partition coefficient (Wildman–Crippen LogP) is 10.0. The first-order valence-corrected chi connectivity index (χ1v) is 23.8. The van der Waals surface area contributed by atoms with Crippen LogP contribution in [0.4, 0.5) is 0 Å². The van der Waals surface area contributed by atoms with Gasteiger partial charge in [0.05, 0.1) is 24.8 Å². The molecule has 1 saturated heterocycles. The van der Waals surface area contributed by atoms with E-state index in [4.69, 9.17) is 28.9 Å². The number of amides is 1. The van der Waals surface area contributed by atoms with Gasteiger partial charge in [0.25, 0.3) is 0 Å². The maximum absolute atomic E-state index is 15.1. The van der Waals surface area contributed by atoms with Crippen molar-refractivity contribution >= 4 is 28.7 Å². The number of aliphatic hydroxyl groups excluding tert-OH is 2. The minimum Gasteiger partial charge on any atom is -0.459 e. The van der Waals surface area contributed by atoms with Gasteiger partial charge in [-0.1, -0.05) is 84.7 Å². The Kier molecular flexibility index (Phi) is 14.1. The SMILES string of the molecule is C=CCOC12Oc3ccc(Oc4cccc(C=O)c4)cc3C3C(CCCCO)C(CCCCO)C=C(C(=NOC4CCCCO4)CC1N(Cc1cccc4ccccc14)C(=O)C1CC1)C32. The van der Waals surface area contributed by atoms with Crippen molar-refractivity contribution in [1.29, 1.82) is 0 Å². The standard InChI is InChI=1S/C54H62N2O9/c1-2-28-62-54-49(56(53(60)38-22-23-38)34-40-17-12-16-37-14-3-4-19-43(37)40)33-47(55-65-50-21-7-10-29-61-50)45-31-39(15-5-8-26-57)44(20-6-9-27-58)51(52(45)54)46-32-42(24-25-48(46)64-54)63-41-18-11-13-36(30-41)35-59/h2-4,11-14,16-19,24-25,30-32,35,38-39,44,49-52,57-58H,1,5-10,15,20-23,26-29,33-34H2. The molecule has 65 heavy (non-hydrogen) atoms. The van der Waals surface area contributed by atoms with Crippen LogP contribution in [0.5, 0.6) is 17.2 Å². The van der Waals surface area contributed by atoms with Crippen molar-refractivity contribution in [3.05, 3.63) is 126 Å². The molecule has 0 radical (unpaired) electrons. The molecule has 7 unspecified atom stereocenters. The lowest BCUT2D eigenvalue weighted by Crippen LogP contribution is -2.70. The fraction of sp³-hybridized carbons (Fsp3) is 0.463. The molecule has 2 saturated carbocycles. The average Bonchev–Trinajstić information content (AvgIpc) is 4.20. The number of hydrogen-bond acceptors (Lipinski definition) is 10. The smallest absolute Gasteiger partial charge is 0.239 e. The number of unbranched alkanes of at least 4 members (excludes halogenated alkanes) is 2. The topological polar surface area (TPSA) is 136 Å². The Bertz CT molecular complexity index is 2380. The Morgan fingerprint density at radius 3 is 2.49 bits per heavy atom. The zero-order valence-corrected chi connectivity index (χ0v) is 37.2. The van der Waals surface area contributed by atoms with Crippen molar-refractivity contribution in [3.8, 4) is 17.2 Å². The van der Waals surface area contributed by atoms with E-state index < -0.39 is 24.0 Å². The highest BCUT2D eigenvalue weighted by Crippen LogP contribution is 2.62. The number of hydrogen-bond donors (Lipinski definition) is 2. The summed E-state index contributed by atoms with van der Waals surface area (Å²) in [5.41, 5.74) is 4.21. The maximum Gasteiger partial charge on any atom is 0.239 e. The van der Waals surface area contributed by atoms with Gasteiger partial charge in [-0.2, -0.15) is 0 Å². The van der Waals surface area contributed by atoms with Crippen molar-refractivity contribution in [1.82, 2.24) is 4.90 Å². The molecule has 0 bridgehead atoms. The number of carbonyl (C=O) groups is 2. The summed E-state index contributed by atoms with van der Waals surface area (Å²) >= 11 is 0. The Morgan fingerprint density at radius 2 is 1.71 bits per heavy atom. The molecule has 3 aliphatic carbocycles. The minimum atomic E-state index is -1.39. The molecule has 2 heterocycles. The van der Waals surface area contributed by atoms with E-state index in [-0.39, 0.29) is 49.4 Å². The number of aliphatic hydroxyl groups is 2. The summed E-state index contributed by atoms with van der Waals surface area (Å²) in [6.07, 6.45) is 13.7. The lowest BCUT2D eigenvalue weighted by atomic mass is 9.55. The molecule has 11 nitrogen and oxygen atoms in total. The van der Waals surface area contributed by atoms with Crippen LogP contribution in [-0.4, -0.2) is 77.6 Å². The summed E-state index contributed by atoms with van der Waals surface area (Å²) in [5.74, 6) is -0.221. The number of benzene rings is 4. The highest BCUT2D eigenvalue weighted by atomic mass is 16.8. The van der Waals surface area contributed by atoms with E-state index in [1.54, 1.807) is 24.3 Å². The number of allylic oxidation sites excluding steroid dienone is 1. The number of carbonyl (C=O) groups excluding carboxylic acids is 2. The van der Waals surface area contributed by atoms with E-state index in [1.807, 2.05) is 35.2 Å². The van der Waals surface area contributed by atoms with Crippen LogP contribution in [-0.2, 0) is 25.7 Å². The van der Waals surface area contributed by atoms with Crippen LogP contribution >= 0.6 is 0 Å². The molecule has 11 heteroatoms. The molecule has 3 fully saturated rings.